The number of rotatable bonds is 9. The first-order valence-electron chi connectivity index (χ1n) is 11.0. The predicted molar refractivity (Wildman–Crippen MR) is 131 cm³/mol. The van der Waals surface area contributed by atoms with E-state index < -0.39 is 0 Å². The number of benzene rings is 3. The van der Waals surface area contributed by atoms with Crippen molar-refractivity contribution in [3.63, 3.8) is 0 Å². The number of carbonyl (C=O) groups is 1. The quantitative estimate of drug-likeness (QED) is 0.329. The first-order chi connectivity index (χ1) is 16.1. The van der Waals surface area contributed by atoms with Gasteiger partial charge >= 0.3 is 0 Å². The standard InChI is InChI=1S/C26H26ClN3O3/c1-3-30(4-2)16-15-28-25(31)18-5-7-19(8-6-18)26-29-23-14-13-22(17-24(23)33-26)32-21-11-9-20(27)10-12-21/h5-14,17H,3-4,15-16H2,1-2H3,(H,28,31). The Kier molecular flexibility index (Phi) is 7.27. The van der Waals surface area contributed by atoms with Crippen LogP contribution in [0.3, 0.4) is 0 Å². The highest BCUT2D eigenvalue weighted by atomic mass is 35.5. The number of carbonyl (C=O) groups excluding carboxylic acids is 1. The van der Waals surface area contributed by atoms with Crippen LogP contribution < -0.4 is 10.1 Å². The van der Waals surface area contributed by atoms with Gasteiger partial charge in [-0.1, -0.05) is 25.4 Å². The molecule has 0 aliphatic rings. The molecule has 4 rings (SSSR count). The number of hydrogen-bond acceptors (Lipinski definition) is 5. The highest BCUT2D eigenvalue weighted by Gasteiger charge is 2.12. The van der Waals surface area contributed by atoms with E-state index in [-0.39, 0.29) is 5.91 Å². The maximum Gasteiger partial charge on any atom is 0.251 e. The van der Waals surface area contributed by atoms with Crippen LogP contribution in [0.1, 0.15) is 24.2 Å². The minimum atomic E-state index is -0.0877. The van der Waals surface area contributed by atoms with Gasteiger partial charge in [-0.3, -0.25) is 4.79 Å². The van der Waals surface area contributed by atoms with E-state index in [0.717, 1.165) is 30.7 Å². The Morgan fingerprint density at radius 2 is 1.70 bits per heavy atom. The molecule has 1 aromatic heterocycles. The van der Waals surface area contributed by atoms with E-state index in [0.29, 0.717) is 40.1 Å². The average Bonchev–Trinajstić information content (AvgIpc) is 3.27. The summed E-state index contributed by atoms with van der Waals surface area (Å²) in [7, 11) is 0. The molecule has 6 nitrogen and oxygen atoms in total. The summed E-state index contributed by atoms with van der Waals surface area (Å²) < 4.78 is 11.8. The van der Waals surface area contributed by atoms with E-state index in [4.69, 9.17) is 20.8 Å². The smallest absolute Gasteiger partial charge is 0.251 e. The normalized spacial score (nSPS) is 11.2. The van der Waals surface area contributed by atoms with Gasteiger partial charge in [0.25, 0.3) is 5.91 Å². The number of amides is 1. The average molecular weight is 464 g/mol. The van der Waals surface area contributed by atoms with Gasteiger partial charge in [0.15, 0.2) is 5.58 Å². The second kappa shape index (κ2) is 10.5. The summed E-state index contributed by atoms with van der Waals surface area (Å²) >= 11 is 5.92. The third kappa shape index (κ3) is 5.72. The van der Waals surface area contributed by atoms with Crippen molar-refractivity contribution in [3.05, 3.63) is 77.3 Å². The Bertz CT molecular complexity index is 1220. The summed E-state index contributed by atoms with van der Waals surface area (Å²) in [5.41, 5.74) is 2.75. The molecule has 170 valence electrons. The number of halogens is 1. The fourth-order valence-electron chi connectivity index (χ4n) is 3.46. The molecule has 1 heterocycles. The van der Waals surface area contributed by atoms with Crippen LogP contribution in [0.2, 0.25) is 5.02 Å². The molecule has 0 aliphatic carbocycles. The summed E-state index contributed by atoms with van der Waals surface area (Å²) in [6.45, 7) is 7.63. The third-order valence-electron chi connectivity index (χ3n) is 5.41. The lowest BCUT2D eigenvalue weighted by atomic mass is 10.1. The van der Waals surface area contributed by atoms with Gasteiger partial charge in [-0.05, 0) is 73.8 Å². The first kappa shape index (κ1) is 22.8. The Hall–Kier alpha value is -3.35. The van der Waals surface area contributed by atoms with Gasteiger partial charge in [0.1, 0.15) is 17.0 Å². The zero-order valence-electron chi connectivity index (χ0n) is 18.7. The topological polar surface area (TPSA) is 67.6 Å². The van der Waals surface area contributed by atoms with Crippen molar-refractivity contribution in [2.24, 2.45) is 0 Å². The molecule has 3 aromatic carbocycles. The third-order valence-corrected chi connectivity index (χ3v) is 5.66. The molecule has 0 bridgehead atoms. The van der Waals surface area contributed by atoms with E-state index in [1.807, 2.05) is 24.3 Å². The second-order valence-electron chi connectivity index (χ2n) is 7.56. The van der Waals surface area contributed by atoms with E-state index in [1.54, 1.807) is 42.5 Å². The Labute approximate surface area is 198 Å². The Morgan fingerprint density at radius 1 is 1.00 bits per heavy atom. The summed E-state index contributed by atoms with van der Waals surface area (Å²) in [5, 5.41) is 3.62. The van der Waals surface area contributed by atoms with Gasteiger partial charge in [0, 0.05) is 35.3 Å². The molecule has 0 spiro atoms. The first-order valence-corrected chi connectivity index (χ1v) is 11.4. The van der Waals surface area contributed by atoms with E-state index in [9.17, 15) is 4.79 Å². The minimum absolute atomic E-state index is 0.0877. The summed E-state index contributed by atoms with van der Waals surface area (Å²) in [5.74, 6) is 1.73. The molecule has 7 heteroatoms. The van der Waals surface area contributed by atoms with Gasteiger partial charge in [0.05, 0.1) is 0 Å². The molecule has 0 saturated heterocycles. The molecule has 33 heavy (non-hydrogen) atoms. The summed E-state index contributed by atoms with van der Waals surface area (Å²) in [6, 6.07) is 19.9. The van der Waals surface area contributed by atoms with Crippen molar-refractivity contribution in [2.45, 2.75) is 13.8 Å². The zero-order valence-corrected chi connectivity index (χ0v) is 19.4. The van der Waals surface area contributed by atoms with Crippen LogP contribution in [0.4, 0.5) is 0 Å². The molecular formula is C26H26ClN3O3. The number of nitrogens with one attached hydrogen (secondary N) is 1. The second-order valence-corrected chi connectivity index (χ2v) is 8.00. The lowest BCUT2D eigenvalue weighted by molar-refractivity contribution is 0.0949. The lowest BCUT2D eigenvalue weighted by Crippen LogP contribution is -2.34. The van der Waals surface area contributed by atoms with Crippen molar-refractivity contribution >= 4 is 28.6 Å². The number of oxazole rings is 1. The molecule has 0 atom stereocenters. The van der Waals surface area contributed by atoms with E-state index in [2.05, 4.69) is 29.0 Å². The Balaban J connectivity index is 1.43. The molecule has 1 amide bonds. The highest BCUT2D eigenvalue weighted by molar-refractivity contribution is 6.30. The van der Waals surface area contributed by atoms with E-state index >= 15 is 0 Å². The molecule has 0 aliphatic heterocycles. The predicted octanol–water partition coefficient (Wildman–Crippen LogP) is 6.01. The van der Waals surface area contributed by atoms with Gasteiger partial charge in [-0.15, -0.1) is 0 Å². The van der Waals surface area contributed by atoms with E-state index in [1.165, 1.54) is 0 Å². The minimum Gasteiger partial charge on any atom is -0.457 e. The molecule has 0 unspecified atom stereocenters. The van der Waals surface area contributed by atoms with Gasteiger partial charge in [-0.2, -0.15) is 0 Å². The van der Waals surface area contributed by atoms with Crippen LogP contribution in [-0.2, 0) is 0 Å². The SMILES string of the molecule is CCN(CC)CCNC(=O)c1ccc(-c2nc3ccc(Oc4ccc(Cl)cc4)cc3o2)cc1. The number of fused-ring (bicyclic) bond motifs is 1. The van der Waals surface area contributed by atoms with Crippen molar-refractivity contribution in [3.8, 4) is 23.0 Å². The maximum absolute atomic E-state index is 12.4. The number of hydrogen-bond donors (Lipinski definition) is 1. The van der Waals surface area contributed by atoms with Gasteiger partial charge in [0.2, 0.25) is 5.89 Å². The fraction of sp³-hybridized carbons (Fsp3) is 0.231. The van der Waals surface area contributed by atoms with Crippen LogP contribution in [-0.4, -0.2) is 42.0 Å². The van der Waals surface area contributed by atoms with Gasteiger partial charge < -0.3 is 19.4 Å². The van der Waals surface area contributed by atoms with Gasteiger partial charge in [-0.25, -0.2) is 4.98 Å². The number of ether oxygens (including phenoxy) is 1. The molecule has 0 radical (unpaired) electrons. The van der Waals surface area contributed by atoms with Crippen LogP contribution >= 0.6 is 11.6 Å². The molecular weight excluding hydrogens is 438 g/mol. The summed E-state index contributed by atoms with van der Waals surface area (Å²) in [4.78, 5) is 19.2. The van der Waals surface area contributed by atoms with Crippen LogP contribution in [0.15, 0.2) is 71.1 Å². The largest absolute Gasteiger partial charge is 0.457 e. The van der Waals surface area contributed by atoms with Crippen molar-refractivity contribution in [1.29, 1.82) is 0 Å². The van der Waals surface area contributed by atoms with Crippen molar-refractivity contribution in [1.82, 2.24) is 15.2 Å². The monoisotopic (exact) mass is 463 g/mol. The lowest BCUT2D eigenvalue weighted by Gasteiger charge is -2.17. The fourth-order valence-corrected chi connectivity index (χ4v) is 3.59. The highest BCUT2D eigenvalue weighted by Crippen LogP contribution is 2.30. The summed E-state index contributed by atoms with van der Waals surface area (Å²) in [6.07, 6.45) is 0. The molecule has 4 aromatic rings. The zero-order chi connectivity index (χ0) is 23.2. The van der Waals surface area contributed by atoms with Crippen LogP contribution in [0, 0.1) is 0 Å². The van der Waals surface area contributed by atoms with Crippen LogP contribution in [0.25, 0.3) is 22.6 Å². The number of aromatic nitrogens is 1. The van der Waals surface area contributed by atoms with Crippen molar-refractivity contribution < 1.29 is 13.9 Å². The Morgan fingerprint density at radius 3 is 2.39 bits per heavy atom. The number of likely N-dealkylation sites (N-methyl/N-ethyl adjacent to an activating group) is 1. The van der Waals surface area contributed by atoms with Crippen LogP contribution in [0.5, 0.6) is 11.5 Å². The number of nitrogens with zero attached hydrogens (tertiary/aromatic N) is 2. The maximum atomic E-state index is 12.4. The molecule has 1 N–H and O–H groups in total. The van der Waals surface area contributed by atoms with Crippen molar-refractivity contribution in [2.75, 3.05) is 26.2 Å². The molecule has 0 saturated carbocycles. The molecule has 0 fully saturated rings.